The van der Waals surface area contributed by atoms with E-state index in [2.05, 4.69) is 5.32 Å². The van der Waals surface area contributed by atoms with Crippen LogP contribution in [0.2, 0.25) is 0 Å². The summed E-state index contributed by atoms with van der Waals surface area (Å²) in [6, 6.07) is 3.54. The number of hydrogen-bond donors (Lipinski definition) is 2. The van der Waals surface area contributed by atoms with Crippen molar-refractivity contribution in [3.63, 3.8) is 0 Å². The van der Waals surface area contributed by atoms with Gasteiger partial charge in [-0.1, -0.05) is 46.0 Å². The van der Waals surface area contributed by atoms with Crippen LogP contribution >= 0.6 is 0 Å². The second-order valence-electron chi connectivity index (χ2n) is 7.45. The lowest BCUT2D eigenvalue weighted by molar-refractivity contribution is -0.125. The molecule has 9 heteroatoms. The Bertz CT molecular complexity index is 828. The van der Waals surface area contributed by atoms with Gasteiger partial charge in [-0.2, -0.15) is 4.31 Å². The highest BCUT2D eigenvalue weighted by Gasteiger charge is 2.25. The van der Waals surface area contributed by atoms with Crippen LogP contribution in [0.4, 0.5) is 0 Å². The maximum atomic E-state index is 12.6. The van der Waals surface area contributed by atoms with Crippen molar-refractivity contribution in [2.75, 3.05) is 19.7 Å². The van der Waals surface area contributed by atoms with Crippen LogP contribution < -0.4 is 5.32 Å². The molecular formula is C21H32N2O6S. The van der Waals surface area contributed by atoms with E-state index in [1.807, 2.05) is 0 Å². The molecule has 8 nitrogen and oxygen atoms in total. The molecule has 0 radical (unpaired) electrons. The van der Waals surface area contributed by atoms with Gasteiger partial charge in [-0.25, -0.2) is 13.2 Å². The van der Waals surface area contributed by atoms with Crippen LogP contribution in [0, 0.1) is 0 Å². The fourth-order valence-electron chi connectivity index (χ4n) is 3.63. The highest BCUT2D eigenvalue weighted by molar-refractivity contribution is 7.89. The highest BCUT2D eigenvalue weighted by Crippen LogP contribution is 2.24. The molecule has 0 saturated heterocycles. The number of carbonyl (C=O) groups is 2. The fourth-order valence-corrected chi connectivity index (χ4v) is 5.12. The number of esters is 1. The summed E-state index contributed by atoms with van der Waals surface area (Å²) in [7, 11) is -3.80. The number of aromatic hydroxyl groups is 1. The van der Waals surface area contributed by atoms with Gasteiger partial charge < -0.3 is 15.2 Å². The second-order valence-corrected chi connectivity index (χ2v) is 9.39. The van der Waals surface area contributed by atoms with Gasteiger partial charge in [-0.3, -0.25) is 4.79 Å². The molecule has 1 saturated carbocycles. The van der Waals surface area contributed by atoms with Crippen LogP contribution in [0.5, 0.6) is 5.75 Å². The molecular weight excluding hydrogens is 408 g/mol. The minimum absolute atomic E-state index is 0.0763. The molecule has 0 aromatic heterocycles. The molecule has 0 heterocycles. The van der Waals surface area contributed by atoms with Crippen molar-refractivity contribution in [3.05, 3.63) is 23.8 Å². The van der Waals surface area contributed by atoms with E-state index >= 15 is 0 Å². The molecule has 0 atom stereocenters. The molecule has 0 spiro atoms. The second kappa shape index (κ2) is 11.3. The zero-order valence-corrected chi connectivity index (χ0v) is 18.5. The minimum Gasteiger partial charge on any atom is -0.507 e. The SMILES string of the molecule is CCN(CC)S(=O)(=O)c1ccc(O)c(C(=O)OCC(=O)NC2CCCCCCC2)c1. The van der Waals surface area contributed by atoms with E-state index in [0.717, 1.165) is 50.7 Å². The van der Waals surface area contributed by atoms with E-state index in [1.54, 1.807) is 13.8 Å². The Morgan fingerprint density at radius 1 is 1.10 bits per heavy atom. The third-order valence-corrected chi connectivity index (χ3v) is 7.38. The Balaban J connectivity index is 2.01. The van der Waals surface area contributed by atoms with E-state index < -0.39 is 34.3 Å². The van der Waals surface area contributed by atoms with Crippen molar-refractivity contribution in [1.29, 1.82) is 0 Å². The fraction of sp³-hybridized carbons (Fsp3) is 0.619. The van der Waals surface area contributed by atoms with Gasteiger partial charge in [-0.05, 0) is 31.0 Å². The quantitative estimate of drug-likeness (QED) is 0.601. The lowest BCUT2D eigenvalue weighted by atomic mass is 9.97. The maximum absolute atomic E-state index is 12.6. The molecule has 1 aromatic carbocycles. The zero-order chi connectivity index (χ0) is 22.1. The van der Waals surface area contributed by atoms with Crippen LogP contribution in [0.25, 0.3) is 0 Å². The van der Waals surface area contributed by atoms with Crippen LogP contribution in [-0.4, -0.2) is 55.4 Å². The van der Waals surface area contributed by atoms with Gasteiger partial charge in [-0.15, -0.1) is 0 Å². The number of amides is 1. The van der Waals surface area contributed by atoms with Gasteiger partial charge in [0.1, 0.15) is 11.3 Å². The van der Waals surface area contributed by atoms with Crippen LogP contribution in [-0.2, 0) is 19.6 Å². The molecule has 168 valence electrons. The molecule has 2 rings (SSSR count). The maximum Gasteiger partial charge on any atom is 0.342 e. The first-order chi connectivity index (χ1) is 14.3. The largest absolute Gasteiger partial charge is 0.507 e. The third-order valence-electron chi connectivity index (χ3n) is 5.34. The first kappa shape index (κ1) is 24.1. The van der Waals surface area contributed by atoms with Crippen molar-refractivity contribution in [2.24, 2.45) is 0 Å². The molecule has 0 unspecified atom stereocenters. The number of nitrogens with one attached hydrogen (secondary N) is 1. The number of ether oxygens (including phenoxy) is 1. The predicted octanol–water partition coefficient (Wildman–Crippen LogP) is 2.81. The number of phenolic OH excluding ortho intramolecular Hbond substituents is 1. The van der Waals surface area contributed by atoms with Gasteiger partial charge >= 0.3 is 5.97 Å². The summed E-state index contributed by atoms with van der Waals surface area (Å²) in [6.45, 7) is 3.50. The van der Waals surface area contributed by atoms with Gasteiger partial charge in [0.2, 0.25) is 10.0 Å². The summed E-state index contributed by atoms with van der Waals surface area (Å²) in [5.74, 6) is -1.75. The zero-order valence-electron chi connectivity index (χ0n) is 17.7. The Morgan fingerprint density at radius 3 is 2.30 bits per heavy atom. The summed E-state index contributed by atoms with van der Waals surface area (Å²) >= 11 is 0. The lowest BCUT2D eigenvalue weighted by Crippen LogP contribution is -2.38. The average molecular weight is 441 g/mol. The number of phenols is 1. The minimum atomic E-state index is -3.80. The summed E-state index contributed by atoms with van der Waals surface area (Å²) in [6.07, 6.45) is 7.49. The molecule has 1 aliphatic rings. The topological polar surface area (TPSA) is 113 Å². The van der Waals surface area contributed by atoms with E-state index in [-0.39, 0.29) is 29.6 Å². The number of rotatable bonds is 8. The van der Waals surface area contributed by atoms with Gasteiger partial charge in [0.25, 0.3) is 5.91 Å². The van der Waals surface area contributed by atoms with E-state index in [1.165, 1.54) is 16.8 Å². The monoisotopic (exact) mass is 440 g/mol. The van der Waals surface area contributed by atoms with Crippen molar-refractivity contribution in [1.82, 2.24) is 9.62 Å². The normalized spacial score (nSPS) is 16.0. The number of benzene rings is 1. The molecule has 2 N–H and O–H groups in total. The summed E-state index contributed by atoms with van der Waals surface area (Å²) in [4.78, 5) is 24.4. The number of nitrogens with zero attached hydrogens (tertiary/aromatic N) is 1. The lowest BCUT2D eigenvalue weighted by Gasteiger charge is -2.21. The first-order valence-corrected chi connectivity index (χ1v) is 12.0. The molecule has 1 amide bonds. The Labute approximate surface area is 178 Å². The smallest absolute Gasteiger partial charge is 0.342 e. The van der Waals surface area contributed by atoms with E-state index in [9.17, 15) is 23.1 Å². The van der Waals surface area contributed by atoms with Crippen molar-refractivity contribution >= 4 is 21.9 Å². The van der Waals surface area contributed by atoms with Gasteiger partial charge in [0.05, 0.1) is 4.90 Å². The summed E-state index contributed by atoms with van der Waals surface area (Å²) in [5.41, 5.74) is -0.290. The van der Waals surface area contributed by atoms with Crippen LogP contribution in [0.3, 0.4) is 0 Å². The Hall–Kier alpha value is -2.13. The predicted molar refractivity (Wildman–Crippen MR) is 113 cm³/mol. The van der Waals surface area contributed by atoms with Crippen molar-refractivity contribution < 1.29 is 27.9 Å². The molecule has 1 aliphatic carbocycles. The summed E-state index contributed by atoms with van der Waals surface area (Å²) < 4.78 is 31.6. The van der Waals surface area contributed by atoms with E-state index in [0.29, 0.717) is 0 Å². The Kier molecular flexibility index (Phi) is 9.10. The number of carbonyl (C=O) groups excluding carboxylic acids is 2. The van der Waals surface area contributed by atoms with Crippen molar-refractivity contribution in [2.45, 2.75) is 69.7 Å². The molecule has 1 aromatic rings. The first-order valence-electron chi connectivity index (χ1n) is 10.6. The van der Waals surface area contributed by atoms with Gasteiger partial charge in [0, 0.05) is 19.1 Å². The van der Waals surface area contributed by atoms with Crippen molar-refractivity contribution in [3.8, 4) is 5.75 Å². The number of hydrogen-bond acceptors (Lipinski definition) is 6. The summed E-state index contributed by atoms with van der Waals surface area (Å²) in [5, 5.41) is 12.9. The van der Waals surface area contributed by atoms with E-state index in [4.69, 9.17) is 4.74 Å². The average Bonchev–Trinajstić information content (AvgIpc) is 2.69. The number of sulfonamides is 1. The third kappa shape index (κ3) is 6.43. The highest BCUT2D eigenvalue weighted by atomic mass is 32.2. The molecule has 0 aliphatic heterocycles. The molecule has 0 bridgehead atoms. The van der Waals surface area contributed by atoms with Crippen LogP contribution in [0.1, 0.15) is 69.2 Å². The molecule has 1 fully saturated rings. The standard InChI is InChI=1S/C21H32N2O6S/c1-3-23(4-2)30(27,28)17-12-13-19(24)18(14-17)21(26)29-15-20(25)22-16-10-8-6-5-7-9-11-16/h12-14,16,24H,3-11,15H2,1-2H3,(H,22,25). The van der Waals surface area contributed by atoms with Crippen LogP contribution in [0.15, 0.2) is 23.1 Å². The molecule has 30 heavy (non-hydrogen) atoms. The van der Waals surface area contributed by atoms with Gasteiger partial charge in [0.15, 0.2) is 6.61 Å². The Morgan fingerprint density at radius 2 is 1.70 bits per heavy atom.